The summed E-state index contributed by atoms with van der Waals surface area (Å²) in [6, 6.07) is 12.2. The van der Waals surface area contributed by atoms with E-state index >= 15 is 0 Å². The number of pyridine rings is 1. The Morgan fingerprint density at radius 1 is 1.06 bits per heavy atom. The van der Waals surface area contributed by atoms with Gasteiger partial charge in [0.2, 0.25) is 16.8 Å². The fourth-order valence-corrected chi connectivity index (χ4v) is 6.40. The van der Waals surface area contributed by atoms with E-state index in [1.807, 2.05) is 13.8 Å². The molecule has 4 N–H and O–H groups in total. The van der Waals surface area contributed by atoms with Gasteiger partial charge >= 0.3 is 12.3 Å². The highest BCUT2D eigenvalue weighted by molar-refractivity contribution is 7.89. The number of benzene rings is 2. The minimum absolute atomic E-state index is 0.0209. The average Bonchev–Trinajstić information content (AvgIpc) is 3.49. The van der Waals surface area contributed by atoms with E-state index in [-0.39, 0.29) is 37.1 Å². The summed E-state index contributed by atoms with van der Waals surface area (Å²) in [5.74, 6) is 1.46. The van der Waals surface area contributed by atoms with Gasteiger partial charge in [-0.2, -0.15) is 17.5 Å². The van der Waals surface area contributed by atoms with E-state index in [1.54, 1.807) is 24.3 Å². The summed E-state index contributed by atoms with van der Waals surface area (Å²) in [4.78, 5) is 15.3. The van der Waals surface area contributed by atoms with Gasteiger partial charge in [0.05, 0.1) is 29.2 Å². The Kier molecular flexibility index (Phi) is 11.8. The van der Waals surface area contributed by atoms with Crippen LogP contribution in [0.2, 0.25) is 0 Å². The molecule has 1 aliphatic rings. The van der Waals surface area contributed by atoms with Crippen molar-refractivity contribution in [2.24, 2.45) is 5.92 Å². The molecule has 12 nitrogen and oxygen atoms in total. The van der Waals surface area contributed by atoms with Gasteiger partial charge in [0.25, 0.3) is 0 Å². The summed E-state index contributed by atoms with van der Waals surface area (Å²) in [5.41, 5.74) is -0.160. The molecule has 1 aromatic heterocycles. The Morgan fingerprint density at radius 3 is 2.43 bits per heavy atom. The molecule has 0 unspecified atom stereocenters. The van der Waals surface area contributed by atoms with Crippen LogP contribution in [0.5, 0.6) is 17.2 Å². The lowest BCUT2D eigenvalue weighted by atomic mass is 10.0. The number of aliphatic hydroxyl groups excluding tert-OH is 1. The first-order valence-corrected chi connectivity index (χ1v) is 16.2. The van der Waals surface area contributed by atoms with Crippen molar-refractivity contribution in [2.45, 2.75) is 49.9 Å². The van der Waals surface area contributed by atoms with Gasteiger partial charge in [-0.3, -0.25) is 0 Å². The number of anilines is 1. The van der Waals surface area contributed by atoms with Crippen LogP contribution in [0.15, 0.2) is 65.7 Å². The Hall–Kier alpha value is -4.28. The number of fused-ring (bicyclic) bond motifs is 1. The van der Waals surface area contributed by atoms with Crippen molar-refractivity contribution < 1.29 is 50.8 Å². The number of aliphatic hydroxyl groups is 1. The van der Waals surface area contributed by atoms with E-state index in [0.717, 1.165) is 16.6 Å². The summed E-state index contributed by atoms with van der Waals surface area (Å²) >= 11 is 0. The topological polar surface area (TPSA) is 160 Å². The summed E-state index contributed by atoms with van der Waals surface area (Å²) in [6.07, 6.45) is -5.85. The molecule has 3 aromatic rings. The number of rotatable bonds is 16. The van der Waals surface area contributed by atoms with Crippen molar-refractivity contribution in [3.63, 3.8) is 0 Å². The van der Waals surface area contributed by atoms with Gasteiger partial charge in [-0.25, -0.2) is 18.2 Å². The molecule has 1 aliphatic heterocycles. The van der Waals surface area contributed by atoms with Gasteiger partial charge in [0, 0.05) is 31.9 Å². The van der Waals surface area contributed by atoms with Crippen LogP contribution in [0, 0.1) is 5.92 Å². The van der Waals surface area contributed by atoms with Crippen molar-refractivity contribution in [3.8, 4) is 17.2 Å². The zero-order valence-corrected chi connectivity index (χ0v) is 26.6. The van der Waals surface area contributed by atoms with Gasteiger partial charge in [0.1, 0.15) is 11.6 Å². The molecule has 0 bridgehead atoms. The number of ether oxygens (including phenoxy) is 3. The molecule has 47 heavy (non-hydrogen) atoms. The lowest BCUT2D eigenvalue weighted by Gasteiger charge is -2.30. The molecular formula is C31H37F3N4O8S. The summed E-state index contributed by atoms with van der Waals surface area (Å²) in [5, 5.41) is 25.9. The highest BCUT2D eigenvalue weighted by atomic mass is 32.2. The second kappa shape index (κ2) is 15.5. The van der Waals surface area contributed by atoms with Crippen molar-refractivity contribution in [2.75, 3.05) is 38.4 Å². The van der Waals surface area contributed by atoms with Crippen LogP contribution < -0.4 is 24.8 Å². The largest absolute Gasteiger partial charge is 0.494 e. The number of hydrogen-bond donors (Lipinski definition) is 4. The first-order chi connectivity index (χ1) is 22.2. The van der Waals surface area contributed by atoms with E-state index in [0.29, 0.717) is 48.2 Å². The standard InChI is InChI=1S/C31H37F3N4O8S/c1-20(2)17-38(47(42,43)24-9-10-27-28(15-24)46-19-45-27)18-26(39)25(37-30(40)41)14-21-4-7-23(8-5-21)44-13-3-12-35-29-11-6-22(16-36-29)31(32,33)34/h4-11,15-16,20,25-26,37,39H,3,12-14,17-19H2,1-2H3,(H,35,36)(H,40,41)/t25-,26-/m0/s1. The third-order valence-corrected chi connectivity index (χ3v) is 8.91. The Morgan fingerprint density at radius 2 is 1.79 bits per heavy atom. The zero-order valence-electron chi connectivity index (χ0n) is 25.7. The predicted molar refractivity (Wildman–Crippen MR) is 165 cm³/mol. The summed E-state index contributed by atoms with van der Waals surface area (Å²) in [7, 11) is -4.09. The van der Waals surface area contributed by atoms with Crippen LogP contribution in [0.3, 0.4) is 0 Å². The van der Waals surface area contributed by atoms with Crippen molar-refractivity contribution in [1.29, 1.82) is 0 Å². The summed E-state index contributed by atoms with van der Waals surface area (Å²) < 4.78 is 82.7. The number of alkyl halides is 3. The number of halogens is 3. The minimum Gasteiger partial charge on any atom is -0.494 e. The third kappa shape index (κ3) is 10.1. The number of hydrogen-bond acceptors (Lipinski definition) is 9. The lowest BCUT2D eigenvalue weighted by molar-refractivity contribution is -0.137. The van der Waals surface area contributed by atoms with E-state index in [2.05, 4.69) is 15.6 Å². The van der Waals surface area contributed by atoms with E-state index < -0.39 is 40.0 Å². The highest BCUT2D eigenvalue weighted by Gasteiger charge is 2.33. The van der Waals surface area contributed by atoms with E-state index in [9.17, 15) is 36.6 Å². The molecule has 2 heterocycles. The third-order valence-electron chi connectivity index (χ3n) is 7.08. The molecule has 0 aliphatic carbocycles. The molecule has 0 radical (unpaired) electrons. The Labute approximate surface area is 270 Å². The van der Waals surface area contributed by atoms with Crippen molar-refractivity contribution in [3.05, 3.63) is 71.9 Å². The van der Waals surface area contributed by atoms with Crippen LogP contribution in [0.25, 0.3) is 0 Å². The van der Waals surface area contributed by atoms with E-state index in [1.165, 1.54) is 24.3 Å². The molecule has 0 saturated heterocycles. The van der Waals surface area contributed by atoms with Crippen molar-refractivity contribution in [1.82, 2.24) is 14.6 Å². The molecule has 256 valence electrons. The minimum atomic E-state index is -4.45. The SMILES string of the molecule is CC(C)CN(C[C@H](O)[C@H](Cc1ccc(OCCCNc2ccc(C(F)(F)F)cn2)cc1)NC(=O)O)S(=O)(=O)c1ccc2c(c1)OCO2. The second-order valence-corrected chi connectivity index (χ2v) is 13.2. The monoisotopic (exact) mass is 682 g/mol. The molecule has 2 atom stereocenters. The fourth-order valence-electron chi connectivity index (χ4n) is 4.76. The van der Waals surface area contributed by atoms with Crippen LogP contribution in [0.1, 0.15) is 31.4 Å². The fraction of sp³-hybridized carbons (Fsp3) is 0.419. The predicted octanol–water partition coefficient (Wildman–Crippen LogP) is 4.60. The number of amides is 1. The van der Waals surface area contributed by atoms with Gasteiger partial charge in [-0.05, 0) is 60.7 Å². The van der Waals surface area contributed by atoms with E-state index in [4.69, 9.17) is 14.2 Å². The molecule has 4 rings (SSSR count). The Bertz CT molecular complexity index is 1590. The molecular weight excluding hydrogens is 645 g/mol. The molecule has 0 fully saturated rings. The maximum Gasteiger partial charge on any atom is 0.417 e. The maximum absolute atomic E-state index is 13.6. The quantitative estimate of drug-likeness (QED) is 0.157. The normalized spacial score (nSPS) is 14.2. The summed E-state index contributed by atoms with van der Waals surface area (Å²) in [6.45, 7) is 4.07. The molecule has 1 amide bonds. The van der Waals surface area contributed by atoms with Crippen LogP contribution >= 0.6 is 0 Å². The highest BCUT2D eigenvalue weighted by Crippen LogP contribution is 2.35. The number of carboxylic acid groups (broad SMARTS) is 1. The smallest absolute Gasteiger partial charge is 0.417 e. The number of carbonyl (C=O) groups is 1. The average molecular weight is 683 g/mol. The first kappa shape index (κ1) is 35.6. The lowest BCUT2D eigenvalue weighted by Crippen LogP contribution is -2.50. The Balaban J connectivity index is 1.33. The number of aromatic nitrogens is 1. The number of sulfonamides is 1. The van der Waals surface area contributed by atoms with Gasteiger partial charge in [0.15, 0.2) is 11.5 Å². The number of nitrogens with one attached hydrogen (secondary N) is 2. The maximum atomic E-state index is 13.6. The molecule has 0 spiro atoms. The molecule has 16 heteroatoms. The van der Waals surface area contributed by atoms with Crippen LogP contribution in [-0.4, -0.2) is 79.2 Å². The first-order valence-electron chi connectivity index (χ1n) is 14.8. The van der Waals surface area contributed by atoms with Crippen molar-refractivity contribution >= 4 is 21.9 Å². The molecule has 0 saturated carbocycles. The van der Waals surface area contributed by atoms with Crippen LogP contribution in [-0.2, 0) is 22.6 Å². The number of nitrogens with zero attached hydrogens (tertiary/aromatic N) is 2. The van der Waals surface area contributed by atoms with Gasteiger partial charge in [-0.1, -0.05) is 26.0 Å². The zero-order chi connectivity index (χ0) is 34.2. The van der Waals surface area contributed by atoms with Gasteiger partial charge in [-0.15, -0.1) is 0 Å². The van der Waals surface area contributed by atoms with Crippen LogP contribution in [0.4, 0.5) is 23.8 Å². The molecule has 2 aromatic carbocycles. The van der Waals surface area contributed by atoms with Gasteiger partial charge < -0.3 is 35.1 Å². The second-order valence-electron chi connectivity index (χ2n) is 11.3.